The molecule has 0 unspecified atom stereocenters. The first-order valence-corrected chi connectivity index (χ1v) is 9.18. The summed E-state index contributed by atoms with van der Waals surface area (Å²) in [5.74, 6) is -0.777. The Kier molecular flexibility index (Phi) is 6.10. The molecular formula is C21H19NO9. The number of rotatable bonds is 7. The molecule has 0 saturated heterocycles. The second-order valence-corrected chi connectivity index (χ2v) is 6.46. The number of fused-ring (bicyclic) bond motifs is 1. The average Bonchev–Trinajstić information content (AvgIpc) is 2.74. The molecule has 0 radical (unpaired) electrons. The number of nitro benzene ring substituents is 1. The fourth-order valence-electron chi connectivity index (χ4n) is 3.05. The highest BCUT2D eigenvalue weighted by atomic mass is 16.6. The molecule has 0 aliphatic rings. The lowest BCUT2D eigenvalue weighted by Crippen LogP contribution is -2.11. The first kappa shape index (κ1) is 21.6. The summed E-state index contributed by atoms with van der Waals surface area (Å²) in [6, 6.07) is 6.36. The van der Waals surface area contributed by atoms with Crippen molar-refractivity contribution in [3.05, 3.63) is 67.6 Å². The second kappa shape index (κ2) is 8.74. The van der Waals surface area contributed by atoms with Gasteiger partial charge in [0, 0.05) is 28.6 Å². The van der Waals surface area contributed by atoms with E-state index in [2.05, 4.69) is 0 Å². The molecule has 1 heterocycles. The maximum Gasteiger partial charge on any atom is 0.345 e. The fraction of sp³-hybridized carbons (Fsp3) is 0.238. The number of nitro groups is 1. The molecule has 162 valence electrons. The van der Waals surface area contributed by atoms with Gasteiger partial charge in [-0.15, -0.1) is 0 Å². The van der Waals surface area contributed by atoms with E-state index >= 15 is 0 Å². The lowest BCUT2D eigenvalue weighted by Gasteiger charge is -2.12. The van der Waals surface area contributed by atoms with Crippen molar-refractivity contribution in [2.75, 3.05) is 13.7 Å². The van der Waals surface area contributed by atoms with Crippen LogP contribution in [0.4, 0.5) is 5.69 Å². The number of carbonyl (C=O) groups excluding carboxylic acids is 1. The summed E-state index contributed by atoms with van der Waals surface area (Å²) < 4.78 is 20.9. The number of phenolic OH excluding ortho intramolecular Hbond substituents is 1. The fourth-order valence-corrected chi connectivity index (χ4v) is 3.05. The molecular weight excluding hydrogens is 410 g/mol. The van der Waals surface area contributed by atoms with Crippen molar-refractivity contribution in [2.24, 2.45) is 0 Å². The lowest BCUT2D eigenvalue weighted by molar-refractivity contribution is -0.385. The number of carbonyl (C=O) groups is 1. The normalized spacial score (nSPS) is 10.7. The minimum absolute atomic E-state index is 0.0536. The topological polar surface area (TPSA) is 138 Å². The summed E-state index contributed by atoms with van der Waals surface area (Å²) in [5, 5.41) is 21.7. The Labute approximate surface area is 175 Å². The van der Waals surface area contributed by atoms with Crippen LogP contribution >= 0.6 is 0 Å². The van der Waals surface area contributed by atoms with Gasteiger partial charge in [-0.1, -0.05) is 0 Å². The number of methoxy groups -OCH3 is 1. The van der Waals surface area contributed by atoms with Crippen LogP contribution in [0.1, 0.15) is 28.4 Å². The van der Waals surface area contributed by atoms with Crippen LogP contribution in [0.2, 0.25) is 0 Å². The number of nitrogens with zero attached hydrogens (tertiary/aromatic N) is 1. The van der Waals surface area contributed by atoms with Crippen molar-refractivity contribution in [1.82, 2.24) is 0 Å². The molecule has 0 atom stereocenters. The number of aromatic hydroxyl groups is 1. The van der Waals surface area contributed by atoms with Crippen molar-refractivity contribution < 1.29 is 33.5 Å². The predicted molar refractivity (Wildman–Crippen MR) is 109 cm³/mol. The van der Waals surface area contributed by atoms with Gasteiger partial charge in [0.15, 0.2) is 11.5 Å². The van der Waals surface area contributed by atoms with E-state index < -0.39 is 22.2 Å². The SMILES string of the molecule is CCOc1cc(C(=O)OCc2cc(=O)oc3c(C)c(O)ccc23)c([N+](=O)[O-])cc1OC. The first-order valence-electron chi connectivity index (χ1n) is 9.18. The Bertz CT molecular complexity index is 1230. The van der Waals surface area contributed by atoms with Gasteiger partial charge in [-0.05, 0) is 26.0 Å². The van der Waals surface area contributed by atoms with Crippen LogP contribution in [-0.2, 0) is 11.3 Å². The summed E-state index contributed by atoms with van der Waals surface area (Å²) in [4.78, 5) is 35.3. The maximum absolute atomic E-state index is 12.7. The molecule has 3 rings (SSSR count). The first-order chi connectivity index (χ1) is 14.8. The van der Waals surface area contributed by atoms with Gasteiger partial charge in [0.1, 0.15) is 23.5 Å². The second-order valence-electron chi connectivity index (χ2n) is 6.46. The van der Waals surface area contributed by atoms with Crippen molar-refractivity contribution in [3.63, 3.8) is 0 Å². The summed E-state index contributed by atoms with van der Waals surface area (Å²) in [6.07, 6.45) is 0. The van der Waals surface area contributed by atoms with E-state index in [-0.39, 0.29) is 41.6 Å². The van der Waals surface area contributed by atoms with Gasteiger partial charge in [-0.3, -0.25) is 10.1 Å². The molecule has 0 fully saturated rings. The highest BCUT2D eigenvalue weighted by Gasteiger charge is 2.26. The van der Waals surface area contributed by atoms with Gasteiger partial charge in [0.05, 0.1) is 24.7 Å². The van der Waals surface area contributed by atoms with E-state index in [9.17, 15) is 24.8 Å². The van der Waals surface area contributed by atoms with E-state index in [1.807, 2.05) is 0 Å². The molecule has 2 aromatic carbocycles. The molecule has 1 aromatic heterocycles. The standard InChI is InChI=1S/C21H19NO9/c1-4-29-18-8-14(15(22(26)27)9-17(18)28-3)21(25)30-10-12-7-19(24)31-20-11(2)16(23)6-5-13(12)20/h5-9,23H,4,10H2,1-3H3. The molecule has 0 saturated carbocycles. The van der Waals surface area contributed by atoms with Crippen LogP contribution in [0.5, 0.6) is 17.2 Å². The zero-order chi connectivity index (χ0) is 22.7. The number of ether oxygens (including phenoxy) is 3. The van der Waals surface area contributed by atoms with Gasteiger partial charge in [0.2, 0.25) is 0 Å². The Morgan fingerprint density at radius 1 is 1.23 bits per heavy atom. The lowest BCUT2D eigenvalue weighted by atomic mass is 10.1. The molecule has 0 amide bonds. The smallest absolute Gasteiger partial charge is 0.345 e. The Balaban J connectivity index is 1.98. The largest absolute Gasteiger partial charge is 0.508 e. The summed E-state index contributed by atoms with van der Waals surface area (Å²) in [7, 11) is 1.32. The monoisotopic (exact) mass is 429 g/mol. The van der Waals surface area contributed by atoms with Crippen molar-refractivity contribution in [1.29, 1.82) is 0 Å². The number of hydrogen-bond donors (Lipinski definition) is 1. The predicted octanol–water partition coefficient (Wildman–Crippen LogP) is 3.48. The summed E-state index contributed by atoms with van der Waals surface area (Å²) in [5.41, 5.74) is -0.688. The van der Waals surface area contributed by atoms with Gasteiger partial charge < -0.3 is 23.7 Å². The number of aryl methyl sites for hydroxylation is 1. The number of benzene rings is 2. The van der Waals surface area contributed by atoms with Gasteiger partial charge in [-0.25, -0.2) is 9.59 Å². The quantitative estimate of drug-likeness (QED) is 0.259. The molecule has 10 heteroatoms. The number of esters is 1. The molecule has 31 heavy (non-hydrogen) atoms. The van der Waals surface area contributed by atoms with Crippen LogP contribution in [0.25, 0.3) is 11.0 Å². The zero-order valence-corrected chi connectivity index (χ0v) is 17.0. The molecule has 3 aromatic rings. The van der Waals surface area contributed by atoms with Crippen LogP contribution in [0, 0.1) is 17.0 Å². The summed E-state index contributed by atoms with van der Waals surface area (Å²) >= 11 is 0. The summed E-state index contributed by atoms with van der Waals surface area (Å²) in [6.45, 7) is 3.19. The average molecular weight is 429 g/mol. The number of phenols is 1. The van der Waals surface area contributed by atoms with Crippen LogP contribution in [0.3, 0.4) is 0 Å². The highest BCUT2D eigenvalue weighted by molar-refractivity contribution is 5.95. The molecule has 0 aliphatic carbocycles. The Morgan fingerprint density at radius 3 is 2.61 bits per heavy atom. The Morgan fingerprint density at radius 2 is 1.97 bits per heavy atom. The van der Waals surface area contributed by atoms with Crippen LogP contribution in [-0.4, -0.2) is 29.7 Å². The van der Waals surface area contributed by atoms with Crippen molar-refractivity contribution in [2.45, 2.75) is 20.5 Å². The third kappa shape index (κ3) is 4.27. The molecule has 0 aliphatic heterocycles. The highest BCUT2D eigenvalue weighted by Crippen LogP contribution is 2.35. The van der Waals surface area contributed by atoms with E-state index in [1.165, 1.54) is 25.3 Å². The minimum atomic E-state index is -0.979. The Hall–Kier alpha value is -4.08. The van der Waals surface area contributed by atoms with E-state index in [1.54, 1.807) is 13.8 Å². The minimum Gasteiger partial charge on any atom is -0.508 e. The zero-order valence-electron chi connectivity index (χ0n) is 17.0. The van der Waals surface area contributed by atoms with E-state index in [0.29, 0.717) is 16.5 Å². The number of hydrogen-bond acceptors (Lipinski definition) is 9. The third-order valence-corrected chi connectivity index (χ3v) is 4.58. The maximum atomic E-state index is 12.7. The van der Waals surface area contributed by atoms with E-state index in [4.69, 9.17) is 18.6 Å². The molecule has 1 N–H and O–H groups in total. The molecule has 0 spiro atoms. The van der Waals surface area contributed by atoms with Gasteiger partial charge >= 0.3 is 11.6 Å². The van der Waals surface area contributed by atoms with Crippen molar-refractivity contribution in [3.8, 4) is 17.2 Å². The third-order valence-electron chi connectivity index (χ3n) is 4.58. The van der Waals surface area contributed by atoms with Gasteiger partial charge in [0.25, 0.3) is 5.69 Å². The van der Waals surface area contributed by atoms with Gasteiger partial charge in [-0.2, -0.15) is 0 Å². The van der Waals surface area contributed by atoms with Crippen LogP contribution < -0.4 is 15.1 Å². The molecule has 10 nitrogen and oxygen atoms in total. The van der Waals surface area contributed by atoms with Crippen molar-refractivity contribution >= 4 is 22.6 Å². The molecule has 0 bridgehead atoms. The van der Waals surface area contributed by atoms with E-state index in [0.717, 1.165) is 12.1 Å². The van der Waals surface area contributed by atoms with Crippen LogP contribution in [0.15, 0.2) is 39.5 Å².